The van der Waals surface area contributed by atoms with Crippen molar-refractivity contribution in [2.24, 2.45) is 5.73 Å². The molecule has 0 aromatic carbocycles. The topological polar surface area (TPSA) is 60.2 Å². The van der Waals surface area contributed by atoms with Crippen LogP contribution >= 0.6 is 12.4 Å². The van der Waals surface area contributed by atoms with Gasteiger partial charge in [0, 0.05) is 0 Å². The third-order valence-corrected chi connectivity index (χ3v) is 0.116. The minimum atomic E-state index is -0.926. The molecule has 1 amide bonds. The highest BCUT2D eigenvalue weighted by atomic mass is 35.5. The first-order valence-electron chi connectivity index (χ1n) is 1.02. The molecule has 3 nitrogen and oxygen atoms in total. The highest BCUT2D eigenvalue weighted by Crippen LogP contribution is 1.30. The Balaban J connectivity index is 0. The number of amides is 1. The number of rotatable bonds is 1. The van der Waals surface area contributed by atoms with Crippen LogP contribution in [0, 0.1) is 0 Å². The Morgan fingerprint density at radius 3 is 1.83 bits per heavy atom. The zero-order valence-corrected chi connectivity index (χ0v) is 3.70. The Hall–Kier alpha value is -0.570. The molecule has 0 spiro atoms. The zero-order chi connectivity index (χ0) is 4.28. The second-order valence-electron chi connectivity index (χ2n) is 0.520. The number of nitrogens with two attached hydrogens (primary N) is 1. The van der Waals surface area contributed by atoms with E-state index in [1.807, 2.05) is 0 Å². The second-order valence-corrected chi connectivity index (χ2v) is 0.520. The first kappa shape index (κ1) is 9.06. The molecule has 0 aliphatic rings. The summed E-state index contributed by atoms with van der Waals surface area (Å²) < 4.78 is 0. The fraction of sp³-hybridized carbons (Fsp3) is 0. The van der Waals surface area contributed by atoms with E-state index in [0.29, 0.717) is 0 Å². The number of hydrogen-bond donors (Lipinski definition) is 1. The van der Waals surface area contributed by atoms with Crippen LogP contribution in [0.5, 0.6) is 0 Å². The van der Waals surface area contributed by atoms with Gasteiger partial charge in [-0.05, 0) is 0 Å². The lowest BCUT2D eigenvalue weighted by atomic mass is 10.8. The first-order valence-corrected chi connectivity index (χ1v) is 1.02. The molecule has 0 radical (unpaired) electrons. The molecule has 0 aliphatic heterocycles. The molecule has 0 aromatic rings. The Bertz CT molecular complexity index is 62.6. The molecule has 0 fully saturated rings. The summed E-state index contributed by atoms with van der Waals surface area (Å²) in [5, 5.41) is 0. The summed E-state index contributed by atoms with van der Waals surface area (Å²) in [5.41, 5.74) is 4.28. The molecule has 0 aromatic heterocycles. The molecule has 6 heavy (non-hydrogen) atoms. The van der Waals surface area contributed by atoms with Crippen LogP contribution < -0.4 is 5.73 Å². The van der Waals surface area contributed by atoms with Crippen molar-refractivity contribution in [3.05, 3.63) is 0 Å². The van der Waals surface area contributed by atoms with Crippen molar-refractivity contribution in [3.8, 4) is 0 Å². The number of primary amides is 1. The highest BCUT2D eigenvalue weighted by molar-refractivity contribution is 6.22. The maximum Gasteiger partial charge on any atom is 0.281 e. The molecular formula is C2H4ClNO2. The number of halogens is 1. The summed E-state index contributed by atoms with van der Waals surface area (Å²) in [6, 6.07) is 0. The Labute approximate surface area is 40.9 Å². The van der Waals surface area contributed by atoms with Gasteiger partial charge in [-0.1, -0.05) is 0 Å². The average Bonchev–Trinajstić information content (AvgIpc) is 1.38. The van der Waals surface area contributed by atoms with Gasteiger partial charge in [0.05, 0.1) is 0 Å². The molecule has 0 saturated carbocycles. The van der Waals surface area contributed by atoms with E-state index in [1.54, 1.807) is 0 Å². The Kier molecular flexibility index (Phi) is 6.69. The van der Waals surface area contributed by atoms with Gasteiger partial charge in [-0.3, -0.25) is 9.59 Å². The molecule has 2 N–H and O–H groups in total. The minimum Gasteiger partial charge on any atom is -0.363 e. The molecule has 0 bridgehead atoms. The number of carbonyl (C=O) groups is 2. The number of hydrogen-bond acceptors (Lipinski definition) is 2. The first-order chi connectivity index (χ1) is 2.27. The van der Waals surface area contributed by atoms with Gasteiger partial charge in [0.15, 0.2) is 0 Å². The van der Waals surface area contributed by atoms with Crippen molar-refractivity contribution in [1.82, 2.24) is 0 Å². The molecule has 4 heteroatoms. The quantitative estimate of drug-likeness (QED) is 0.350. The predicted molar refractivity (Wildman–Crippen MR) is 22.5 cm³/mol. The molecule has 0 heterocycles. The maximum atomic E-state index is 9.22. The molecule has 0 atom stereocenters. The summed E-state index contributed by atoms with van der Waals surface area (Å²) in [5.74, 6) is -0.926. The zero-order valence-electron chi connectivity index (χ0n) is 2.88. The molecule has 0 unspecified atom stereocenters. The van der Waals surface area contributed by atoms with Crippen LogP contribution in [0.15, 0.2) is 0 Å². The molecular weight excluding hydrogens is 105 g/mol. The van der Waals surface area contributed by atoms with E-state index >= 15 is 0 Å². The van der Waals surface area contributed by atoms with Crippen LogP contribution in [-0.4, -0.2) is 12.2 Å². The van der Waals surface area contributed by atoms with Gasteiger partial charge in [0.1, 0.15) is 0 Å². The summed E-state index contributed by atoms with van der Waals surface area (Å²) in [4.78, 5) is 18.3. The van der Waals surface area contributed by atoms with Crippen LogP contribution in [0.4, 0.5) is 0 Å². The number of carbonyl (C=O) groups excluding carboxylic acids is 2. The van der Waals surface area contributed by atoms with E-state index in [1.165, 1.54) is 0 Å². The smallest absolute Gasteiger partial charge is 0.281 e. The lowest BCUT2D eigenvalue weighted by molar-refractivity contribution is -0.129. The fourth-order valence-corrected chi connectivity index (χ4v) is 0. The molecule has 0 aliphatic carbocycles. The summed E-state index contributed by atoms with van der Waals surface area (Å²) >= 11 is 0. The van der Waals surface area contributed by atoms with E-state index in [2.05, 4.69) is 5.73 Å². The molecule has 0 saturated heterocycles. The van der Waals surface area contributed by atoms with Crippen LogP contribution in [0.3, 0.4) is 0 Å². The lowest BCUT2D eigenvalue weighted by Crippen LogP contribution is -2.10. The third kappa shape index (κ3) is 9.90. The van der Waals surface area contributed by atoms with Crippen LogP contribution in [0.25, 0.3) is 0 Å². The third-order valence-electron chi connectivity index (χ3n) is 0.116. The van der Waals surface area contributed by atoms with Gasteiger partial charge < -0.3 is 5.73 Å². The summed E-state index contributed by atoms with van der Waals surface area (Å²) in [6.45, 7) is 0. The Morgan fingerprint density at radius 2 is 1.83 bits per heavy atom. The van der Waals surface area contributed by atoms with Crippen molar-refractivity contribution < 1.29 is 9.59 Å². The van der Waals surface area contributed by atoms with Gasteiger partial charge in [-0.2, -0.15) is 0 Å². The van der Waals surface area contributed by atoms with Crippen LogP contribution in [0.1, 0.15) is 0 Å². The van der Waals surface area contributed by atoms with E-state index in [0.717, 1.165) is 0 Å². The van der Waals surface area contributed by atoms with E-state index in [-0.39, 0.29) is 18.7 Å². The number of aldehydes is 1. The fourth-order valence-electron chi connectivity index (χ4n) is 0. The predicted octanol–water partition coefficient (Wildman–Crippen LogP) is -0.908. The van der Waals surface area contributed by atoms with Crippen LogP contribution in [0.2, 0.25) is 0 Å². The Morgan fingerprint density at radius 1 is 1.67 bits per heavy atom. The maximum absolute atomic E-state index is 9.22. The van der Waals surface area contributed by atoms with E-state index in [9.17, 15) is 4.79 Å². The van der Waals surface area contributed by atoms with Crippen molar-refractivity contribution >= 4 is 24.6 Å². The van der Waals surface area contributed by atoms with Crippen molar-refractivity contribution in [2.75, 3.05) is 0 Å². The summed E-state index contributed by atoms with van der Waals surface area (Å²) in [6.07, 6.45) is 0.0556. The van der Waals surface area contributed by atoms with Crippen LogP contribution in [-0.2, 0) is 9.59 Å². The molecule has 0 rings (SSSR count). The van der Waals surface area contributed by atoms with Gasteiger partial charge in [0.25, 0.3) is 5.91 Å². The van der Waals surface area contributed by atoms with Crippen molar-refractivity contribution in [1.29, 1.82) is 0 Å². The van der Waals surface area contributed by atoms with Gasteiger partial charge in [0.2, 0.25) is 6.29 Å². The van der Waals surface area contributed by atoms with Crippen molar-refractivity contribution in [3.63, 3.8) is 0 Å². The highest BCUT2D eigenvalue weighted by Gasteiger charge is 1.76. The van der Waals surface area contributed by atoms with E-state index < -0.39 is 5.91 Å². The lowest BCUT2D eigenvalue weighted by Gasteiger charge is -1.60. The largest absolute Gasteiger partial charge is 0.363 e. The second kappa shape index (κ2) is 4.43. The van der Waals surface area contributed by atoms with Gasteiger partial charge >= 0.3 is 0 Å². The molecule has 36 valence electrons. The van der Waals surface area contributed by atoms with Crippen molar-refractivity contribution in [2.45, 2.75) is 0 Å². The summed E-state index contributed by atoms with van der Waals surface area (Å²) in [7, 11) is 0. The van der Waals surface area contributed by atoms with Gasteiger partial charge in [-0.25, -0.2) is 0 Å². The minimum absolute atomic E-state index is 0. The van der Waals surface area contributed by atoms with E-state index in [4.69, 9.17) is 4.79 Å². The SMILES string of the molecule is Cl.NC(=O)C=O. The standard InChI is InChI=1S/C2H3NO2.ClH/c3-2(5)1-4;/h1H,(H2,3,5);1H. The normalized spacial score (nSPS) is 5.33. The van der Waals surface area contributed by atoms with Gasteiger partial charge in [-0.15, -0.1) is 12.4 Å². The average molecular weight is 110 g/mol. The monoisotopic (exact) mass is 109 g/mol.